The third-order valence-electron chi connectivity index (χ3n) is 3.22. The molecule has 0 aliphatic heterocycles. The van der Waals surface area contributed by atoms with Gasteiger partial charge in [-0.25, -0.2) is 4.98 Å². The minimum Gasteiger partial charge on any atom is -0.491 e. The Bertz CT molecular complexity index is 640. The number of halogens is 1. The highest BCUT2D eigenvalue weighted by atomic mass is 35.5. The predicted molar refractivity (Wildman–Crippen MR) is 95.6 cm³/mol. The monoisotopic (exact) mass is 355 g/mol. The van der Waals surface area contributed by atoms with Gasteiger partial charge in [0.15, 0.2) is 0 Å². The number of amides is 1. The zero-order valence-corrected chi connectivity index (χ0v) is 15.1. The van der Waals surface area contributed by atoms with E-state index in [2.05, 4.69) is 10.3 Å². The first-order chi connectivity index (χ1) is 10.5. The van der Waals surface area contributed by atoms with Crippen LogP contribution < -0.4 is 15.8 Å². The molecule has 126 valence electrons. The molecule has 0 radical (unpaired) electrons. The third kappa shape index (κ3) is 5.20. The van der Waals surface area contributed by atoms with Gasteiger partial charge >= 0.3 is 0 Å². The normalized spacial score (nSPS) is 11.5. The Morgan fingerprint density at radius 1 is 1.39 bits per heavy atom. The topological polar surface area (TPSA) is 77.2 Å². The Labute approximate surface area is 146 Å². The van der Waals surface area contributed by atoms with Crippen LogP contribution in [0.2, 0.25) is 0 Å². The number of ether oxygens (including phenoxy) is 1. The highest BCUT2D eigenvalue weighted by Gasteiger charge is 2.14. The lowest BCUT2D eigenvalue weighted by Gasteiger charge is -2.17. The molecule has 5 nitrogen and oxygen atoms in total. The van der Waals surface area contributed by atoms with Crippen molar-refractivity contribution in [1.82, 2.24) is 10.3 Å². The standard InChI is InChI=1S/C16H21N3O2S.ClH/c1-10-5-4-6-11(2)15(10)21-8-12(3)18-16(20)13-9-22-14(7-17)19-13;/h4-6,9,12H,7-8,17H2,1-3H3,(H,18,20);1H. The molecule has 1 aromatic carbocycles. The van der Waals surface area contributed by atoms with Crippen molar-refractivity contribution in [2.45, 2.75) is 33.4 Å². The first-order valence-corrected chi connectivity index (χ1v) is 8.03. The number of carbonyl (C=O) groups excluding carboxylic acids is 1. The van der Waals surface area contributed by atoms with Gasteiger partial charge in [0.2, 0.25) is 0 Å². The lowest BCUT2D eigenvalue weighted by molar-refractivity contribution is 0.0922. The van der Waals surface area contributed by atoms with Gasteiger partial charge in [0.1, 0.15) is 23.1 Å². The van der Waals surface area contributed by atoms with Crippen molar-refractivity contribution >= 4 is 29.7 Å². The van der Waals surface area contributed by atoms with Crippen molar-refractivity contribution in [3.63, 3.8) is 0 Å². The summed E-state index contributed by atoms with van der Waals surface area (Å²) < 4.78 is 5.84. The summed E-state index contributed by atoms with van der Waals surface area (Å²) in [5, 5.41) is 5.36. The van der Waals surface area contributed by atoms with Crippen LogP contribution in [-0.2, 0) is 6.54 Å². The molecule has 1 aromatic heterocycles. The largest absolute Gasteiger partial charge is 0.491 e. The van der Waals surface area contributed by atoms with Gasteiger partial charge in [0, 0.05) is 11.9 Å². The van der Waals surface area contributed by atoms with E-state index in [1.807, 2.05) is 39.0 Å². The van der Waals surface area contributed by atoms with E-state index in [-0.39, 0.29) is 24.4 Å². The number of nitrogens with one attached hydrogen (secondary N) is 1. The molecule has 0 aliphatic carbocycles. The second-order valence-electron chi connectivity index (χ2n) is 5.24. The molecule has 2 rings (SSSR count). The summed E-state index contributed by atoms with van der Waals surface area (Å²) in [6, 6.07) is 5.90. The fraction of sp³-hybridized carbons (Fsp3) is 0.375. The molecule has 1 heterocycles. The van der Waals surface area contributed by atoms with Crippen LogP contribution in [0.1, 0.15) is 33.5 Å². The number of rotatable bonds is 6. The van der Waals surface area contributed by atoms with E-state index in [1.54, 1.807) is 5.38 Å². The van der Waals surface area contributed by atoms with Crippen molar-refractivity contribution in [3.05, 3.63) is 45.4 Å². The van der Waals surface area contributed by atoms with Crippen LogP contribution in [0.5, 0.6) is 5.75 Å². The second kappa shape index (κ2) is 8.86. The van der Waals surface area contributed by atoms with Crippen LogP contribution in [0.15, 0.2) is 23.6 Å². The third-order valence-corrected chi connectivity index (χ3v) is 4.09. The van der Waals surface area contributed by atoms with Crippen LogP contribution in [0.4, 0.5) is 0 Å². The molecular weight excluding hydrogens is 334 g/mol. The van der Waals surface area contributed by atoms with E-state index in [9.17, 15) is 4.79 Å². The van der Waals surface area contributed by atoms with Crippen LogP contribution in [0.25, 0.3) is 0 Å². The molecule has 0 saturated heterocycles. The Hall–Kier alpha value is -1.63. The smallest absolute Gasteiger partial charge is 0.271 e. The minimum atomic E-state index is -0.200. The van der Waals surface area contributed by atoms with Gasteiger partial charge in [-0.15, -0.1) is 23.7 Å². The van der Waals surface area contributed by atoms with Crippen molar-refractivity contribution in [2.24, 2.45) is 5.73 Å². The number of para-hydroxylation sites is 1. The molecule has 1 unspecified atom stereocenters. The SMILES string of the molecule is Cc1cccc(C)c1OCC(C)NC(=O)c1csc(CN)n1.Cl. The van der Waals surface area contributed by atoms with Crippen LogP contribution in [0.3, 0.4) is 0 Å². The Morgan fingerprint density at radius 3 is 2.61 bits per heavy atom. The number of benzene rings is 1. The zero-order valence-electron chi connectivity index (χ0n) is 13.5. The van der Waals surface area contributed by atoms with E-state index >= 15 is 0 Å². The summed E-state index contributed by atoms with van der Waals surface area (Å²) in [6.07, 6.45) is 0. The molecule has 1 atom stereocenters. The van der Waals surface area contributed by atoms with Crippen LogP contribution >= 0.6 is 23.7 Å². The van der Waals surface area contributed by atoms with Gasteiger partial charge < -0.3 is 15.8 Å². The number of nitrogens with zero attached hydrogens (tertiary/aromatic N) is 1. The summed E-state index contributed by atoms with van der Waals surface area (Å²) in [4.78, 5) is 16.2. The first-order valence-electron chi connectivity index (χ1n) is 7.15. The molecular formula is C16H22ClN3O2S. The van der Waals surface area contributed by atoms with Gasteiger partial charge in [0.25, 0.3) is 5.91 Å². The summed E-state index contributed by atoms with van der Waals surface area (Å²) in [5.74, 6) is 0.677. The maximum Gasteiger partial charge on any atom is 0.271 e. The van der Waals surface area contributed by atoms with Gasteiger partial charge in [-0.3, -0.25) is 4.79 Å². The average molecular weight is 356 g/mol. The molecule has 0 saturated carbocycles. The van der Waals surface area contributed by atoms with E-state index in [1.165, 1.54) is 11.3 Å². The molecule has 1 amide bonds. The first kappa shape index (κ1) is 19.4. The Balaban J connectivity index is 0.00000264. The number of carbonyl (C=O) groups is 1. The molecule has 23 heavy (non-hydrogen) atoms. The van der Waals surface area contributed by atoms with Gasteiger partial charge in [0.05, 0.1) is 6.04 Å². The molecule has 3 N–H and O–H groups in total. The van der Waals surface area contributed by atoms with E-state index < -0.39 is 0 Å². The number of hydrogen-bond donors (Lipinski definition) is 2. The van der Waals surface area contributed by atoms with E-state index in [4.69, 9.17) is 10.5 Å². The minimum absolute atomic E-state index is 0. The van der Waals surface area contributed by atoms with Gasteiger partial charge in [-0.1, -0.05) is 18.2 Å². The van der Waals surface area contributed by atoms with Crippen molar-refractivity contribution in [3.8, 4) is 5.75 Å². The maximum absolute atomic E-state index is 12.1. The summed E-state index contributed by atoms with van der Waals surface area (Å²) >= 11 is 1.39. The number of thiazole rings is 1. The fourth-order valence-electron chi connectivity index (χ4n) is 2.08. The fourth-order valence-corrected chi connectivity index (χ4v) is 2.74. The Kier molecular flexibility index (Phi) is 7.48. The van der Waals surface area contributed by atoms with Gasteiger partial charge in [-0.05, 0) is 31.9 Å². The summed E-state index contributed by atoms with van der Waals surface area (Å²) in [5.41, 5.74) is 8.09. The lowest BCUT2D eigenvalue weighted by Crippen LogP contribution is -2.37. The molecule has 0 aliphatic rings. The van der Waals surface area contributed by atoms with Crippen LogP contribution in [0, 0.1) is 13.8 Å². The molecule has 0 fully saturated rings. The summed E-state index contributed by atoms with van der Waals surface area (Å²) in [6.45, 7) is 6.68. The average Bonchev–Trinajstić information content (AvgIpc) is 2.95. The van der Waals surface area contributed by atoms with E-state index in [0.29, 0.717) is 18.8 Å². The van der Waals surface area contributed by atoms with Crippen molar-refractivity contribution < 1.29 is 9.53 Å². The summed E-state index contributed by atoms with van der Waals surface area (Å²) in [7, 11) is 0. The molecule has 0 bridgehead atoms. The lowest BCUT2D eigenvalue weighted by atomic mass is 10.1. The van der Waals surface area contributed by atoms with Crippen molar-refractivity contribution in [1.29, 1.82) is 0 Å². The van der Waals surface area contributed by atoms with E-state index in [0.717, 1.165) is 21.9 Å². The number of aryl methyl sites for hydroxylation is 2. The number of hydrogen-bond acceptors (Lipinski definition) is 5. The predicted octanol–water partition coefficient (Wildman–Crippen LogP) is 2.84. The Morgan fingerprint density at radius 2 is 2.04 bits per heavy atom. The van der Waals surface area contributed by atoms with Crippen molar-refractivity contribution in [2.75, 3.05) is 6.61 Å². The number of aromatic nitrogens is 1. The highest BCUT2D eigenvalue weighted by molar-refractivity contribution is 7.09. The number of nitrogens with two attached hydrogens (primary N) is 1. The molecule has 2 aromatic rings. The van der Waals surface area contributed by atoms with Gasteiger partial charge in [-0.2, -0.15) is 0 Å². The van der Waals surface area contributed by atoms with Crippen LogP contribution in [-0.4, -0.2) is 23.5 Å². The molecule has 0 spiro atoms. The quantitative estimate of drug-likeness (QED) is 0.835. The highest BCUT2D eigenvalue weighted by Crippen LogP contribution is 2.22. The second-order valence-corrected chi connectivity index (χ2v) is 6.18. The zero-order chi connectivity index (χ0) is 16.1. The maximum atomic E-state index is 12.1. The molecule has 7 heteroatoms.